The van der Waals surface area contributed by atoms with E-state index in [2.05, 4.69) is 53.9 Å². The number of fused-ring (bicyclic) bond motifs is 2. The van der Waals surface area contributed by atoms with Gasteiger partial charge in [0, 0.05) is 11.9 Å². The normalized spacial score (nSPS) is 10.9. The first kappa shape index (κ1) is 20.2. The van der Waals surface area contributed by atoms with E-state index in [1.165, 1.54) is 12.0 Å². The van der Waals surface area contributed by atoms with Gasteiger partial charge in [-0.15, -0.1) is 0 Å². The van der Waals surface area contributed by atoms with Crippen LogP contribution in [0.1, 0.15) is 58.3 Å². The number of nitrogen functional groups attached to an aromatic ring is 2. The molecule has 0 radical (unpaired) electrons. The van der Waals surface area contributed by atoms with Gasteiger partial charge >= 0.3 is 0 Å². The molecule has 27 heavy (non-hydrogen) atoms. The van der Waals surface area contributed by atoms with Crippen molar-refractivity contribution in [2.45, 2.75) is 47.0 Å². The summed E-state index contributed by atoms with van der Waals surface area (Å²) in [6.45, 7) is 8.46. The lowest BCUT2D eigenvalue weighted by molar-refractivity contribution is 0.752. The highest BCUT2D eigenvalue weighted by Gasteiger charge is 2.10. The minimum absolute atomic E-state index is 0. The van der Waals surface area contributed by atoms with Gasteiger partial charge in [0.2, 0.25) is 0 Å². The molecule has 8 nitrogen and oxygen atoms in total. The molecule has 0 unspecified atom stereocenters. The Morgan fingerprint density at radius 2 is 1.56 bits per heavy atom. The minimum Gasteiger partial charge on any atom is -0.397 e. The SMILES string of the molecule is C.CC(C)c1ccc2c(N)ccnn12.CC(C)c1cnc2c(N)ncnn12. The fourth-order valence-electron chi connectivity index (χ4n) is 2.74. The van der Waals surface area contributed by atoms with Gasteiger partial charge in [0.05, 0.1) is 23.1 Å². The molecule has 4 N–H and O–H groups in total. The maximum atomic E-state index is 5.81. The fraction of sp³-hybridized carbons (Fsp3) is 0.368. The molecule has 0 atom stereocenters. The van der Waals surface area contributed by atoms with Gasteiger partial charge in [0.1, 0.15) is 6.33 Å². The molecule has 4 rings (SSSR count). The van der Waals surface area contributed by atoms with Crippen LogP contribution in [0, 0.1) is 0 Å². The number of aromatic nitrogens is 6. The van der Waals surface area contributed by atoms with E-state index in [1.807, 2.05) is 16.6 Å². The van der Waals surface area contributed by atoms with E-state index in [1.54, 1.807) is 16.9 Å². The van der Waals surface area contributed by atoms with Gasteiger partial charge in [-0.25, -0.2) is 19.0 Å². The van der Waals surface area contributed by atoms with Crippen molar-refractivity contribution < 1.29 is 0 Å². The summed E-state index contributed by atoms with van der Waals surface area (Å²) >= 11 is 0. The third-order valence-electron chi connectivity index (χ3n) is 4.16. The number of imidazole rings is 1. The first-order chi connectivity index (χ1) is 12.4. The summed E-state index contributed by atoms with van der Waals surface area (Å²) in [6, 6.07) is 5.90. The van der Waals surface area contributed by atoms with Crippen LogP contribution in [0.15, 0.2) is 36.9 Å². The second-order valence-electron chi connectivity index (χ2n) is 6.71. The van der Waals surface area contributed by atoms with E-state index in [9.17, 15) is 0 Å². The third kappa shape index (κ3) is 3.84. The largest absolute Gasteiger partial charge is 0.397 e. The van der Waals surface area contributed by atoms with E-state index >= 15 is 0 Å². The van der Waals surface area contributed by atoms with Crippen LogP contribution in [-0.4, -0.2) is 29.2 Å². The molecule has 0 saturated carbocycles. The molecule has 0 aliphatic rings. The molecule has 0 fully saturated rings. The second kappa shape index (κ2) is 8.03. The minimum atomic E-state index is 0. The van der Waals surface area contributed by atoms with Crippen molar-refractivity contribution >= 4 is 22.7 Å². The number of rotatable bonds is 2. The van der Waals surface area contributed by atoms with Crippen LogP contribution in [0.2, 0.25) is 0 Å². The number of hydrogen-bond donors (Lipinski definition) is 2. The molecule has 0 saturated heterocycles. The van der Waals surface area contributed by atoms with E-state index in [-0.39, 0.29) is 7.43 Å². The number of hydrogen-bond acceptors (Lipinski definition) is 6. The van der Waals surface area contributed by atoms with E-state index in [0.717, 1.165) is 16.9 Å². The fourth-order valence-corrected chi connectivity index (χ4v) is 2.74. The zero-order chi connectivity index (χ0) is 18.8. The standard InChI is InChI=1S/C10H13N3.C8H11N5.CH4/c1-7(2)9-3-4-10-8(11)5-6-12-13(9)10;1-5(2)6-3-10-8-7(9)11-4-12-13(6)8;/h3-7H,11H2,1-2H3;3-5H,1-2H3,(H2,9,11,12);1H4. The molecular formula is C19H28N8. The van der Waals surface area contributed by atoms with Gasteiger partial charge in [-0.2, -0.15) is 10.2 Å². The van der Waals surface area contributed by atoms with Crippen LogP contribution in [0.5, 0.6) is 0 Å². The van der Waals surface area contributed by atoms with Gasteiger partial charge in [0.25, 0.3) is 0 Å². The predicted molar refractivity (Wildman–Crippen MR) is 110 cm³/mol. The molecule has 0 aliphatic carbocycles. The van der Waals surface area contributed by atoms with Gasteiger partial charge in [0.15, 0.2) is 11.5 Å². The van der Waals surface area contributed by atoms with Gasteiger partial charge in [-0.3, -0.25) is 0 Å². The average Bonchev–Trinajstić information content (AvgIpc) is 3.21. The molecule has 0 amide bonds. The van der Waals surface area contributed by atoms with Crippen LogP contribution in [-0.2, 0) is 0 Å². The van der Waals surface area contributed by atoms with Gasteiger partial charge in [-0.1, -0.05) is 35.1 Å². The molecule has 144 valence electrons. The van der Waals surface area contributed by atoms with Gasteiger partial charge in [-0.05, 0) is 30.0 Å². The highest BCUT2D eigenvalue weighted by Crippen LogP contribution is 2.20. The van der Waals surface area contributed by atoms with Crippen molar-refractivity contribution in [2.75, 3.05) is 11.5 Å². The molecule has 4 aromatic rings. The Morgan fingerprint density at radius 3 is 2.22 bits per heavy atom. The number of nitrogens with two attached hydrogens (primary N) is 2. The zero-order valence-electron chi connectivity index (χ0n) is 15.5. The van der Waals surface area contributed by atoms with E-state index < -0.39 is 0 Å². The lowest BCUT2D eigenvalue weighted by Crippen LogP contribution is -2.03. The summed E-state index contributed by atoms with van der Waals surface area (Å²) in [5.74, 6) is 1.27. The summed E-state index contributed by atoms with van der Waals surface area (Å²) in [4.78, 5) is 8.02. The maximum absolute atomic E-state index is 5.81. The molecule has 4 heterocycles. The van der Waals surface area contributed by atoms with Crippen LogP contribution in [0.3, 0.4) is 0 Å². The van der Waals surface area contributed by atoms with Crippen molar-refractivity contribution in [3.8, 4) is 0 Å². The summed E-state index contributed by atoms with van der Waals surface area (Å²) in [7, 11) is 0. The lowest BCUT2D eigenvalue weighted by Gasteiger charge is -2.05. The molecule has 0 aliphatic heterocycles. The lowest BCUT2D eigenvalue weighted by atomic mass is 10.1. The van der Waals surface area contributed by atoms with Crippen molar-refractivity contribution in [1.29, 1.82) is 0 Å². The Hall–Kier alpha value is -3.16. The van der Waals surface area contributed by atoms with Crippen molar-refractivity contribution in [3.63, 3.8) is 0 Å². The van der Waals surface area contributed by atoms with Crippen molar-refractivity contribution in [1.82, 2.24) is 29.2 Å². The average molecular weight is 368 g/mol. The summed E-state index contributed by atoms with van der Waals surface area (Å²) in [6.07, 6.45) is 4.95. The molecule has 0 bridgehead atoms. The third-order valence-corrected chi connectivity index (χ3v) is 4.16. The Labute approximate surface area is 159 Å². The van der Waals surface area contributed by atoms with E-state index in [4.69, 9.17) is 11.5 Å². The molecule has 0 spiro atoms. The van der Waals surface area contributed by atoms with E-state index in [0.29, 0.717) is 23.3 Å². The summed E-state index contributed by atoms with van der Waals surface area (Å²) in [5.41, 5.74) is 16.1. The number of anilines is 2. The molecule has 0 aromatic carbocycles. The van der Waals surface area contributed by atoms with Crippen molar-refractivity contribution in [3.05, 3.63) is 48.3 Å². The van der Waals surface area contributed by atoms with Crippen molar-refractivity contribution in [2.24, 2.45) is 0 Å². The highest BCUT2D eigenvalue weighted by molar-refractivity contribution is 5.69. The summed E-state index contributed by atoms with van der Waals surface area (Å²) in [5, 5.41) is 8.35. The first-order valence-electron chi connectivity index (χ1n) is 8.56. The van der Waals surface area contributed by atoms with Crippen LogP contribution < -0.4 is 11.5 Å². The zero-order valence-corrected chi connectivity index (χ0v) is 15.5. The molecular weight excluding hydrogens is 340 g/mol. The quantitative estimate of drug-likeness (QED) is 0.560. The Bertz CT molecular complexity index is 945. The van der Waals surface area contributed by atoms with Crippen LogP contribution in [0.4, 0.5) is 11.5 Å². The Balaban J connectivity index is 0.000000187. The smallest absolute Gasteiger partial charge is 0.196 e. The first-order valence-corrected chi connectivity index (χ1v) is 8.56. The monoisotopic (exact) mass is 368 g/mol. The molecule has 8 heteroatoms. The maximum Gasteiger partial charge on any atom is 0.196 e. The second-order valence-corrected chi connectivity index (χ2v) is 6.71. The highest BCUT2D eigenvalue weighted by atomic mass is 15.3. The van der Waals surface area contributed by atoms with Crippen LogP contribution >= 0.6 is 0 Å². The van der Waals surface area contributed by atoms with Gasteiger partial charge < -0.3 is 11.5 Å². The number of nitrogens with zero attached hydrogens (tertiary/aromatic N) is 6. The summed E-state index contributed by atoms with van der Waals surface area (Å²) < 4.78 is 3.63. The predicted octanol–water partition coefficient (Wildman–Crippen LogP) is 3.51. The van der Waals surface area contributed by atoms with Crippen LogP contribution in [0.25, 0.3) is 11.2 Å². The molecule has 4 aromatic heterocycles. The topological polar surface area (TPSA) is 112 Å². The Morgan fingerprint density at radius 1 is 0.852 bits per heavy atom. The Kier molecular flexibility index (Phi) is 5.99.